The maximum absolute atomic E-state index is 12.9. The third-order valence-corrected chi connectivity index (χ3v) is 3.78. The summed E-state index contributed by atoms with van der Waals surface area (Å²) >= 11 is 0. The summed E-state index contributed by atoms with van der Waals surface area (Å²) < 4.78 is 12.9. The third kappa shape index (κ3) is 3.37. The van der Waals surface area contributed by atoms with Gasteiger partial charge < -0.3 is 14.9 Å². The molecule has 5 nitrogen and oxygen atoms in total. The van der Waals surface area contributed by atoms with Gasteiger partial charge >= 0.3 is 12.0 Å². The fraction of sp³-hybridized carbons (Fsp3) is 0.500. The van der Waals surface area contributed by atoms with Crippen LogP contribution < -0.4 is 0 Å². The summed E-state index contributed by atoms with van der Waals surface area (Å²) in [5.41, 5.74) is 0.270. The first-order valence-electron chi connectivity index (χ1n) is 7.23. The van der Waals surface area contributed by atoms with Crippen LogP contribution in [0, 0.1) is 11.2 Å². The Balaban J connectivity index is 2.12. The molecule has 1 aliphatic rings. The number of carbonyl (C=O) groups is 2. The van der Waals surface area contributed by atoms with Gasteiger partial charge in [-0.05, 0) is 23.1 Å². The van der Waals surface area contributed by atoms with Gasteiger partial charge in [0.15, 0.2) is 0 Å². The van der Waals surface area contributed by atoms with E-state index in [2.05, 4.69) is 0 Å². The highest BCUT2D eigenvalue weighted by Gasteiger charge is 2.43. The Morgan fingerprint density at radius 2 is 1.86 bits per heavy atom. The Kier molecular flexibility index (Phi) is 4.39. The van der Waals surface area contributed by atoms with E-state index >= 15 is 0 Å². The van der Waals surface area contributed by atoms with Crippen LogP contribution in [0.4, 0.5) is 9.18 Å². The quantitative estimate of drug-likeness (QED) is 0.930. The van der Waals surface area contributed by atoms with Crippen molar-refractivity contribution in [3.8, 4) is 0 Å². The van der Waals surface area contributed by atoms with Crippen LogP contribution in [0.3, 0.4) is 0 Å². The van der Waals surface area contributed by atoms with E-state index in [1.165, 1.54) is 17.0 Å². The number of aliphatic carboxylic acids is 1. The van der Waals surface area contributed by atoms with Crippen LogP contribution in [0.25, 0.3) is 0 Å². The van der Waals surface area contributed by atoms with Crippen LogP contribution in [0.15, 0.2) is 24.3 Å². The monoisotopic (exact) mass is 308 g/mol. The minimum Gasteiger partial charge on any atom is -0.480 e. The second-order valence-electron chi connectivity index (χ2n) is 6.63. The number of urea groups is 1. The predicted molar refractivity (Wildman–Crippen MR) is 79.8 cm³/mol. The zero-order chi connectivity index (χ0) is 16.5. The number of carboxylic acid groups (broad SMARTS) is 1. The number of amides is 2. The number of rotatable bonds is 4. The van der Waals surface area contributed by atoms with Crippen molar-refractivity contribution in [1.82, 2.24) is 9.80 Å². The van der Waals surface area contributed by atoms with Gasteiger partial charge in [-0.2, -0.15) is 0 Å². The molecule has 1 saturated heterocycles. The van der Waals surface area contributed by atoms with Gasteiger partial charge in [-0.15, -0.1) is 0 Å². The molecule has 1 N–H and O–H groups in total. The van der Waals surface area contributed by atoms with Gasteiger partial charge in [0.05, 0.1) is 0 Å². The molecule has 1 heterocycles. The van der Waals surface area contributed by atoms with Crippen molar-refractivity contribution in [3.63, 3.8) is 0 Å². The van der Waals surface area contributed by atoms with E-state index in [4.69, 9.17) is 0 Å². The summed E-state index contributed by atoms with van der Waals surface area (Å²) in [7, 11) is 0. The van der Waals surface area contributed by atoms with Crippen LogP contribution in [-0.2, 0) is 11.3 Å². The number of carbonyl (C=O) groups excluding carboxylic acids is 1. The molecular weight excluding hydrogens is 287 g/mol. The first kappa shape index (κ1) is 16.3. The Morgan fingerprint density at radius 3 is 2.36 bits per heavy atom. The fourth-order valence-corrected chi connectivity index (χ4v) is 2.77. The molecule has 1 aromatic rings. The largest absolute Gasteiger partial charge is 0.480 e. The average molecular weight is 308 g/mol. The van der Waals surface area contributed by atoms with Crippen LogP contribution in [-0.4, -0.2) is 46.0 Å². The molecule has 0 spiro atoms. The lowest BCUT2D eigenvalue weighted by molar-refractivity contribution is -0.145. The molecule has 1 aromatic carbocycles. The van der Waals surface area contributed by atoms with Gasteiger partial charge in [-0.1, -0.05) is 32.9 Å². The maximum Gasteiger partial charge on any atom is 0.327 e. The summed E-state index contributed by atoms with van der Waals surface area (Å²) in [5.74, 6) is -1.32. The second kappa shape index (κ2) is 5.94. The van der Waals surface area contributed by atoms with Gasteiger partial charge in [0.25, 0.3) is 0 Å². The van der Waals surface area contributed by atoms with Gasteiger partial charge in [0.1, 0.15) is 11.9 Å². The Labute approximate surface area is 129 Å². The highest BCUT2D eigenvalue weighted by Crippen LogP contribution is 2.28. The zero-order valence-electron chi connectivity index (χ0n) is 13.0. The number of nitrogens with zero attached hydrogens (tertiary/aromatic N) is 2. The van der Waals surface area contributed by atoms with Crippen LogP contribution in [0.5, 0.6) is 0 Å². The predicted octanol–water partition coefficient (Wildman–Crippen LogP) is 2.56. The molecule has 2 amide bonds. The number of benzene rings is 1. The molecule has 0 radical (unpaired) electrons. The molecule has 6 heteroatoms. The molecule has 1 unspecified atom stereocenters. The fourth-order valence-electron chi connectivity index (χ4n) is 2.77. The topological polar surface area (TPSA) is 60.9 Å². The smallest absolute Gasteiger partial charge is 0.327 e. The van der Waals surface area contributed by atoms with Gasteiger partial charge in [0.2, 0.25) is 0 Å². The molecule has 1 aliphatic heterocycles. The van der Waals surface area contributed by atoms with E-state index in [9.17, 15) is 19.1 Å². The van der Waals surface area contributed by atoms with Gasteiger partial charge in [-0.3, -0.25) is 0 Å². The molecule has 0 aromatic heterocycles. The third-order valence-electron chi connectivity index (χ3n) is 3.78. The van der Waals surface area contributed by atoms with Gasteiger partial charge in [0, 0.05) is 19.6 Å². The van der Waals surface area contributed by atoms with Crippen molar-refractivity contribution in [1.29, 1.82) is 0 Å². The highest BCUT2D eigenvalue weighted by atomic mass is 19.1. The van der Waals surface area contributed by atoms with E-state index in [0.717, 1.165) is 5.56 Å². The van der Waals surface area contributed by atoms with Crippen molar-refractivity contribution in [2.75, 3.05) is 13.1 Å². The van der Waals surface area contributed by atoms with Crippen LogP contribution >= 0.6 is 0 Å². The molecule has 0 bridgehead atoms. The first-order valence-corrected chi connectivity index (χ1v) is 7.23. The minimum atomic E-state index is -0.996. The Bertz CT molecular complexity index is 566. The highest BCUT2D eigenvalue weighted by molar-refractivity contribution is 5.84. The molecule has 1 fully saturated rings. The number of hydrogen-bond donors (Lipinski definition) is 1. The Morgan fingerprint density at radius 1 is 1.27 bits per heavy atom. The summed E-state index contributed by atoms with van der Waals surface area (Å²) in [6.45, 7) is 6.63. The molecule has 2 rings (SSSR count). The Hall–Kier alpha value is -2.11. The first-order chi connectivity index (χ1) is 10.2. The number of hydrogen-bond acceptors (Lipinski definition) is 2. The van der Waals surface area contributed by atoms with E-state index < -0.39 is 17.4 Å². The SMILES string of the molecule is CC(C)(C)C(C(=O)O)N1CCN(Cc2ccc(F)cc2)C1=O. The standard InChI is InChI=1S/C16H21FN2O3/c1-16(2,3)13(14(20)21)19-9-8-18(15(19)22)10-11-4-6-12(17)7-5-11/h4-7,13H,8-10H2,1-3H3,(H,20,21). The lowest BCUT2D eigenvalue weighted by Crippen LogP contribution is -2.50. The average Bonchev–Trinajstić information content (AvgIpc) is 2.73. The minimum absolute atomic E-state index is 0.286. The summed E-state index contributed by atoms with van der Waals surface area (Å²) in [6.07, 6.45) is 0. The maximum atomic E-state index is 12.9. The summed E-state index contributed by atoms with van der Waals surface area (Å²) in [4.78, 5) is 27.0. The molecule has 1 atom stereocenters. The number of halogens is 1. The van der Waals surface area contributed by atoms with E-state index in [1.54, 1.807) is 17.0 Å². The van der Waals surface area contributed by atoms with Gasteiger partial charge in [-0.25, -0.2) is 14.0 Å². The molecule has 22 heavy (non-hydrogen) atoms. The van der Waals surface area contributed by atoms with Crippen LogP contribution in [0.1, 0.15) is 26.3 Å². The molecule has 0 aliphatic carbocycles. The zero-order valence-corrected chi connectivity index (χ0v) is 13.0. The van der Waals surface area contributed by atoms with Crippen molar-refractivity contribution in [3.05, 3.63) is 35.6 Å². The normalized spacial score (nSPS) is 17.0. The summed E-state index contributed by atoms with van der Waals surface area (Å²) in [6, 6.07) is 4.81. The molecular formula is C16H21FN2O3. The van der Waals surface area contributed by atoms with Crippen LogP contribution in [0.2, 0.25) is 0 Å². The summed E-state index contributed by atoms with van der Waals surface area (Å²) in [5, 5.41) is 9.44. The van der Waals surface area contributed by atoms with E-state index in [0.29, 0.717) is 19.6 Å². The van der Waals surface area contributed by atoms with E-state index in [-0.39, 0.29) is 11.8 Å². The molecule has 0 saturated carbocycles. The number of carboxylic acids is 1. The van der Waals surface area contributed by atoms with Crippen molar-refractivity contribution < 1.29 is 19.1 Å². The molecule has 120 valence electrons. The second-order valence-corrected chi connectivity index (χ2v) is 6.63. The lowest BCUT2D eigenvalue weighted by Gasteiger charge is -2.34. The van der Waals surface area contributed by atoms with E-state index in [1.807, 2.05) is 20.8 Å². The van der Waals surface area contributed by atoms with Crippen molar-refractivity contribution >= 4 is 12.0 Å². The lowest BCUT2D eigenvalue weighted by atomic mass is 9.86. The van der Waals surface area contributed by atoms with Crippen molar-refractivity contribution in [2.24, 2.45) is 5.41 Å². The van der Waals surface area contributed by atoms with Crippen molar-refractivity contribution in [2.45, 2.75) is 33.4 Å².